The van der Waals surface area contributed by atoms with E-state index in [9.17, 15) is 24.2 Å². The molecule has 0 aliphatic rings. The van der Waals surface area contributed by atoms with Gasteiger partial charge in [-0.05, 0) is 55.8 Å². The SMILES string of the molecule is Cc1c([C@H](C)C(=O)O)c2cc(O)ccc2n1C(=O)c1cccc(F)c1. The van der Waals surface area contributed by atoms with Crippen molar-refractivity contribution in [3.05, 3.63) is 65.1 Å². The van der Waals surface area contributed by atoms with E-state index in [1.165, 1.54) is 41.8 Å². The Labute approximate surface area is 142 Å². The summed E-state index contributed by atoms with van der Waals surface area (Å²) >= 11 is 0. The van der Waals surface area contributed by atoms with Crippen LogP contribution in [0.3, 0.4) is 0 Å². The first-order valence-corrected chi connectivity index (χ1v) is 7.68. The van der Waals surface area contributed by atoms with Crippen LogP contribution in [0.15, 0.2) is 42.5 Å². The number of halogens is 1. The molecule has 0 saturated carbocycles. The summed E-state index contributed by atoms with van der Waals surface area (Å²) in [6.07, 6.45) is 0. The second-order valence-corrected chi connectivity index (χ2v) is 5.91. The predicted octanol–water partition coefficient (Wildman–Crippen LogP) is 3.67. The van der Waals surface area contributed by atoms with Gasteiger partial charge in [-0.25, -0.2) is 4.39 Å². The highest BCUT2D eigenvalue weighted by Crippen LogP contribution is 2.34. The number of nitrogens with zero attached hydrogens (tertiary/aromatic N) is 1. The first-order chi connectivity index (χ1) is 11.8. The van der Waals surface area contributed by atoms with Gasteiger partial charge in [0.2, 0.25) is 0 Å². The molecule has 0 aliphatic carbocycles. The molecule has 5 nitrogen and oxygen atoms in total. The molecular formula is C19H16FNO4. The van der Waals surface area contributed by atoms with E-state index >= 15 is 0 Å². The van der Waals surface area contributed by atoms with E-state index < -0.39 is 23.6 Å². The van der Waals surface area contributed by atoms with Gasteiger partial charge in [-0.2, -0.15) is 0 Å². The average molecular weight is 341 g/mol. The van der Waals surface area contributed by atoms with E-state index in [4.69, 9.17) is 0 Å². The summed E-state index contributed by atoms with van der Waals surface area (Å²) in [7, 11) is 0. The van der Waals surface area contributed by atoms with E-state index in [0.29, 0.717) is 22.2 Å². The van der Waals surface area contributed by atoms with Gasteiger partial charge in [-0.1, -0.05) is 6.07 Å². The Hall–Kier alpha value is -3.15. The van der Waals surface area contributed by atoms with Gasteiger partial charge in [-0.15, -0.1) is 0 Å². The van der Waals surface area contributed by atoms with Crippen molar-refractivity contribution in [3.8, 4) is 5.75 Å². The highest BCUT2D eigenvalue weighted by atomic mass is 19.1. The molecule has 0 radical (unpaired) electrons. The van der Waals surface area contributed by atoms with Crippen LogP contribution >= 0.6 is 0 Å². The Bertz CT molecular complexity index is 1010. The number of rotatable bonds is 3. The van der Waals surface area contributed by atoms with E-state index in [2.05, 4.69) is 0 Å². The van der Waals surface area contributed by atoms with Crippen molar-refractivity contribution in [2.45, 2.75) is 19.8 Å². The number of carbonyl (C=O) groups is 2. The number of hydrogen-bond donors (Lipinski definition) is 2. The fourth-order valence-corrected chi connectivity index (χ4v) is 3.11. The summed E-state index contributed by atoms with van der Waals surface area (Å²) in [5, 5.41) is 19.6. The maximum absolute atomic E-state index is 13.5. The average Bonchev–Trinajstić information content (AvgIpc) is 2.84. The van der Waals surface area contributed by atoms with Crippen molar-refractivity contribution in [2.75, 3.05) is 0 Å². The van der Waals surface area contributed by atoms with Gasteiger partial charge in [0.25, 0.3) is 5.91 Å². The number of aliphatic carboxylic acids is 1. The van der Waals surface area contributed by atoms with Crippen LogP contribution in [-0.2, 0) is 4.79 Å². The van der Waals surface area contributed by atoms with E-state index in [1.807, 2.05) is 0 Å². The number of fused-ring (bicyclic) bond motifs is 1. The maximum atomic E-state index is 13.5. The van der Waals surface area contributed by atoms with Crippen molar-refractivity contribution in [3.63, 3.8) is 0 Å². The Morgan fingerprint density at radius 2 is 1.88 bits per heavy atom. The summed E-state index contributed by atoms with van der Waals surface area (Å²) in [4.78, 5) is 24.4. The van der Waals surface area contributed by atoms with Crippen LogP contribution in [0.4, 0.5) is 4.39 Å². The minimum atomic E-state index is -1.04. The second-order valence-electron chi connectivity index (χ2n) is 5.91. The molecule has 6 heteroatoms. The summed E-state index contributed by atoms with van der Waals surface area (Å²) in [5.41, 5.74) is 1.52. The van der Waals surface area contributed by atoms with Crippen LogP contribution in [0.25, 0.3) is 10.9 Å². The molecule has 2 aromatic carbocycles. The van der Waals surface area contributed by atoms with Crippen LogP contribution in [0.1, 0.15) is 34.5 Å². The van der Waals surface area contributed by atoms with Crippen LogP contribution in [0.2, 0.25) is 0 Å². The normalized spacial score (nSPS) is 12.3. The standard InChI is InChI=1S/C19H16FNO4/c1-10(19(24)25)17-11(2)21(16-7-6-14(22)9-15(16)17)18(23)12-4-3-5-13(20)8-12/h3-10,22H,1-2H3,(H,24,25)/t10-/m0/s1. The molecular weight excluding hydrogens is 325 g/mol. The molecule has 128 valence electrons. The van der Waals surface area contributed by atoms with Gasteiger partial charge >= 0.3 is 5.97 Å². The zero-order chi connectivity index (χ0) is 18.3. The van der Waals surface area contributed by atoms with E-state index in [-0.39, 0.29) is 11.3 Å². The third-order valence-electron chi connectivity index (χ3n) is 4.31. The molecule has 1 atom stereocenters. The topological polar surface area (TPSA) is 79.5 Å². The number of aromatic hydroxyl groups is 1. The van der Waals surface area contributed by atoms with E-state index in [1.54, 1.807) is 13.0 Å². The summed E-state index contributed by atoms with van der Waals surface area (Å²) < 4.78 is 14.8. The van der Waals surface area contributed by atoms with Gasteiger partial charge in [0, 0.05) is 16.6 Å². The Morgan fingerprint density at radius 3 is 2.52 bits per heavy atom. The lowest BCUT2D eigenvalue weighted by molar-refractivity contribution is -0.138. The number of carbonyl (C=O) groups excluding carboxylic acids is 1. The highest BCUT2D eigenvalue weighted by Gasteiger charge is 2.26. The minimum absolute atomic E-state index is 0.0262. The molecule has 0 unspecified atom stereocenters. The van der Waals surface area contributed by atoms with Crippen molar-refractivity contribution in [1.29, 1.82) is 0 Å². The second kappa shape index (κ2) is 6.05. The zero-order valence-electron chi connectivity index (χ0n) is 13.7. The number of phenols is 1. The Balaban J connectivity index is 2.30. The number of aromatic nitrogens is 1. The van der Waals surface area contributed by atoms with Crippen LogP contribution in [0.5, 0.6) is 5.75 Å². The van der Waals surface area contributed by atoms with Crippen LogP contribution in [0, 0.1) is 12.7 Å². The van der Waals surface area contributed by atoms with Crippen molar-refractivity contribution >= 4 is 22.8 Å². The van der Waals surface area contributed by atoms with Gasteiger partial charge in [0.05, 0.1) is 11.4 Å². The molecule has 2 N–H and O–H groups in total. The molecule has 0 saturated heterocycles. The van der Waals surface area contributed by atoms with Gasteiger partial charge in [-0.3, -0.25) is 14.2 Å². The fourth-order valence-electron chi connectivity index (χ4n) is 3.11. The van der Waals surface area contributed by atoms with Crippen LogP contribution < -0.4 is 0 Å². The lowest BCUT2D eigenvalue weighted by Gasteiger charge is -2.09. The third-order valence-corrected chi connectivity index (χ3v) is 4.31. The number of benzene rings is 2. The van der Waals surface area contributed by atoms with Crippen molar-refractivity contribution in [1.82, 2.24) is 4.57 Å². The van der Waals surface area contributed by atoms with Gasteiger partial charge < -0.3 is 10.2 Å². The quantitative estimate of drug-likeness (QED) is 0.762. The molecule has 25 heavy (non-hydrogen) atoms. The lowest BCUT2D eigenvalue weighted by atomic mass is 9.98. The number of hydrogen-bond acceptors (Lipinski definition) is 3. The summed E-state index contributed by atoms with van der Waals surface area (Å²) in [5.74, 6) is -2.93. The van der Waals surface area contributed by atoms with Gasteiger partial charge in [0.1, 0.15) is 11.6 Å². The monoisotopic (exact) mass is 341 g/mol. The minimum Gasteiger partial charge on any atom is -0.508 e. The molecule has 3 aromatic rings. The number of phenolic OH excluding ortho intramolecular Hbond substituents is 1. The maximum Gasteiger partial charge on any atom is 0.310 e. The highest BCUT2D eigenvalue weighted by molar-refractivity contribution is 6.05. The largest absolute Gasteiger partial charge is 0.508 e. The van der Waals surface area contributed by atoms with Crippen molar-refractivity contribution < 1.29 is 24.2 Å². The number of carboxylic acids is 1. The van der Waals surface area contributed by atoms with Crippen molar-refractivity contribution in [2.24, 2.45) is 0 Å². The van der Waals surface area contributed by atoms with Crippen LogP contribution in [-0.4, -0.2) is 26.7 Å². The van der Waals surface area contributed by atoms with E-state index in [0.717, 1.165) is 6.07 Å². The predicted molar refractivity (Wildman–Crippen MR) is 90.5 cm³/mol. The molecule has 1 aromatic heterocycles. The zero-order valence-corrected chi connectivity index (χ0v) is 13.7. The summed E-state index contributed by atoms with van der Waals surface area (Å²) in [6.45, 7) is 3.16. The molecule has 0 aliphatic heterocycles. The van der Waals surface area contributed by atoms with Gasteiger partial charge in [0.15, 0.2) is 0 Å². The summed E-state index contributed by atoms with van der Waals surface area (Å²) in [6, 6.07) is 9.72. The lowest BCUT2D eigenvalue weighted by Crippen LogP contribution is -2.15. The smallest absolute Gasteiger partial charge is 0.310 e. The molecule has 0 spiro atoms. The molecule has 0 bridgehead atoms. The molecule has 0 fully saturated rings. The third kappa shape index (κ3) is 2.76. The number of carboxylic acid groups (broad SMARTS) is 1. The Morgan fingerprint density at radius 1 is 1.16 bits per heavy atom. The Kier molecular flexibility index (Phi) is 4.04. The first kappa shape index (κ1) is 16.7. The molecule has 0 amide bonds. The molecule has 1 heterocycles. The first-order valence-electron chi connectivity index (χ1n) is 7.68. The molecule has 3 rings (SSSR count). The fraction of sp³-hybridized carbons (Fsp3) is 0.158.